The fourth-order valence-electron chi connectivity index (χ4n) is 1.23. The first-order valence-electron chi connectivity index (χ1n) is 5.25. The van der Waals surface area contributed by atoms with Gasteiger partial charge in [-0.05, 0) is 38.1 Å². The van der Waals surface area contributed by atoms with Crippen LogP contribution >= 0.6 is 0 Å². The largest absolute Gasteiger partial charge is 0.497 e. The summed E-state index contributed by atoms with van der Waals surface area (Å²) in [5.41, 5.74) is 0. The highest BCUT2D eigenvalue weighted by Gasteiger charge is 2.12. The summed E-state index contributed by atoms with van der Waals surface area (Å²) in [5, 5.41) is 2.70. The van der Waals surface area contributed by atoms with E-state index < -0.39 is 6.10 Å². The molecular formula is C12H17NO3. The Hall–Kier alpha value is -1.71. The zero-order valence-corrected chi connectivity index (χ0v) is 9.82. The summed E-state index contributed by atoms with van der Waals surface area (Å²) in [4.78, 5) is 11.4. The zero-order chi connectivity index (χ0) is 12.0. The highest BCUT2D eigenvalue weighted by Crippen LogP contribution is 2.18. The maximum atomic E-state index is 11.4. The Morgan fingerprint density at radius 1 is 1.31 bits per heavy atom. The van der Waals surface area contributed by atoms with E-state index in [1.54, 1.807) is 38.3 Å². The maximum Gasteiger partial charge on any atom is 0.260 e. The average Bonchev–Trinajstić information content (AvgIpc) is 2.30. The molecule has 1 atom stereocenters. The van der Waals surface area contributed by atoms with Crippen molar-refractivity contribution in [2.75, 3.05) is 13.7 Å². The van der Waals surface area contributed by atoms with Crippen LogP contribution in [0.4, 0.5) is 0 Å². The second-order valence-electron chi connectivity index (χ2n) is 3.33. The van der Waals surface area contributed by atoms with Crippen LogP contribution in [0.2, 0.25) is 0 Å². The fourth-order valence-corrected chi connectivity index (χ4v) is 1.23. The summed E-state index contributed by atoms with van der Waals surface area (Å²) >= 11 is 0. The predicted molar refractivity (Wildman–Crippen MR) is 61.8 cm³/mol. The minimum atomic E-state index is -0.492. The lowest BCUT2D eigenvalue weighted by Gasteiger charge is -2.14. The summed E-state index contributed by atoms with van der Waals surface area (Å²) in [7, 11) is 1.60. The summed E-state index contributed by atoms with van der Waals surface area (Å²) in [6.07, 6.45) is -0.492. The summed E-state index contributed by atoms with van der Waals surface area (Å²) in [5.74, 6) is 1.30. The van der Waals surface area contributed by atoms with Gasteiger partial charge in [-0.15, -0.1) is 0 Å². The van der Waals surface area contributed by atoms with Crippen molar-refractivity contribution >= 4 is 5.91 Å². The van der Waals surface area contributed by atoms with Gasteiger partial charge in [0.05, 0.1) is 7.11 Å². The van der Waals surface area contributed by atoms with E-state index in [-0.39, 0.29) is 5.91 Å². The number of methoxy groups -OCH3 is 1. The number of rotatable bonds is 5. The lowest BCUT2D eigenvalue weighted by atomic mass is 10.3. The number of benzene rings is 1. The van der Waals surface area contributed by atoms with Crippen molar-refractivity contribution in [2.45, 2.75) is 20.0 Å². The number of hydrogen-bond donors (Lipinski definition) is 1. The highest BCUT2D eigenvalue weighted by molar-refractivity contribution is 5.80. The van der Waals surface area contributed by atoms with Gasteiger partial charge in [0.1, 0.15) is 11.5 Å². The van der Waals surface area contributed by atoms with Crippen molar-refractivity contribution in [1.29, 1.82) is 0 Å². The number of nitrogens with one attached hydrogen (secondary N) is 1. The van der Waals surface area contributed by atoms with Crippen LogP contribution in [0.25, 0.3) is 0 Å². The molecule has 0 unspecified atom stereocenters. The van der Waals surface area contributed by atoms with E-state index in [1.165, 1.54) is 0 Å². The van der Waals surface area contributed by atoms with E-state index in [9.17, 15) is 4.79 Å². The molecule has 0 radical (unpaired) electrons. The molecule has 0 bridgehead atoms. The topological polar surface area (TPSA) is 47.6 Å². The van der Waals surface area contributed by atoms with Crippen molar-refractivity contribution in [3.63, 3.8) is 0 Å². The van der Waals surface area contributed by atoms with Gasteiger partial charge in [0.15, 0.2) is 6.10 Å². The molecule has 0 saturated heterocycles. The van der Waals surface area contributed by atoms with Crippen LogP contribution in [-0.4, -0.2) is 25.7 Å². The molecule has 0 aliphatic heterocycles. The minimum Gasteiger partial charge on any atom is -0.497 e. The smallest absolute Gasteiger partial charge is 0.260 e. The Kier molecular flexibility index (Phi) is 4.64. The third-order valence-corrected chi connectivity index (χ3v) is 2.09. The van der Waals surface area contributed by atoms with E-state index in [1.807, 2.05) is 6.92 Å². The van der Waals surface area contributed by atoms with Crippen molar-refractivity contribution < 1.29 is 14.3 Å². The van der Waals surface area contributed by atoms with E-state index in [4.69, 9.17) is 9.47 Å². The Bertz CT molecular complexity index is 335. The van der Waals surface area contributed by atoms with Gasteiger partial charge in [-0.25, -0.2) is 0 Å². The van der Waals surface area contributed by atoms with E-state index in [2.05, 4.69) is 5.32 Å². The number of carbonyl (C=O) groups excluding carboxylic acids is 1. The number of amides is 1. The highest BCUT2D eigenvalue weighted by atomic mass is 16.5. The summed E-state index contributed by atoms with van der Waals surface area (Å²) < 4.78 is 10.5. The first kappa shape index (κ1) is 12.4. The molecule has 88 valence electrons. The maximum absolute atomic E-state index is 11.4. The number of hydrogen-bond acceptors (Lipinski definition) is 3. The standard InChI is InChI=1S/C12H17NO3/c1-4-13-12(14)9(2)16-11-7-5-10(15-3)6-8-11/h5-9H,4H2,1-3H3,(H,13,14)/t9-/m0/s1. The second kappa shape index (κ2) is 6.00. The van der Waals surface area contributed by atoms with Crippen LogP contribution in [0.3, 0.4) is 0 Å². The molecule has 1 amide bonds. The van der Waals surface area contributed by atoms with E-state index in [0.717, 1.165) is 5.75 Å². The van der Waals surface area contributed by atoms with E-state index in [0.29, 0.717) is 12.3 Å². The van der Waals surface area contributed by atoms with Gasteiger partial charge in [-0.3, -0.25) is 4.79 Å². The van der Waals surface area contributed by atoms with Gasteiger partial charge in [0, 0.05) is 6.54 Å². The fraction of sp³-hybridized carbons (Fsp3) is 0.417. The predicted octanol–water partition coefficient (Wildman–Crippen LogP) is 1.60. The van der Waals surface area contributed by atoms with Crippen LogP contribution in [0.1, 0.15) is 13.8 Å². The molecular weight excluding hydrogens is 206 g/mol. The van der Waals surface area contributed by atoms with Gasteiger partial charge < -0.3 is 14.8 Å². The van der Waals surface area contributed by atoms with Crippen molar-refractivity contribution in [3.8, 4) is 11.5 Å². The molecule has 0 aromatic heterocycles. The normalized spacial score (nSPS) is 11.7. The summed E-state index contributed by atoms with van der Waals surface area (Å²) in [6.45, 7) is 4.20. The summed E-state index contributed by atoms with van der Waals surface area (Å²) in [6, 6.07) is 7.13. The Balaban J connectivity index is 2.55. The molecule has 1 N–H and O–H groups in total. The molecule has 16 heavy (non-hydrogen) atoms. The molecule has 4 heteroatoms. The lowest BCUT2D eigenvalue weighted by molar-refractivity contribution is -0.127. The second-order valence-corrected chi connectivity index (χ2v) is 3.33. The molecule has 0 aliphatic carbocycles. The average molecular weight is 223 g/mol. The van der Waals surface area contributed by atoms with Gasteiger partial charge >= 0.3 is 0 Å². The van der Waals surface area contributed by atoms with Crippen molar-refractivity contribution in [2.24, 2.45) is 0 Å². The van der Waals surface area contributed by atoms with Crippen LogP contribution < -0.4 is 14.8 Å². The quantitative estimate of drug-likeness (QED) is 0.824. The van der Waals surface area contributed by atoms with Crippen LogP contribution in [-0.2, 0) is 4.79 Å². The molecule has 1 rings (SSSR count). The van der Waals surface area contributed by atoms with Crippen LogP contribution in [0.15, 0.2) is 24.3 Å². The molecule has 0 fully saturated rings. The Morgan fingerprint density at radius 2 is 1.88 bits per heavy atom. The first-order valence-corrected chi connectivity index (χ1v) is 5.25. The monoisotopic (exact) mass is 223 g/mol. The molecule has 0 aliphatic rings. The SMILES string of the molecule is CCNC(=O)[C@H](C)Oc1ccc(OC)cc1. The molecule has 1 aromatic rings. The van der Waals surface area contributed by atoms with Crippen LogP contribution in [0.5, 0.6) is 11.5 Å². The van der Waals surface area contributed by atoms with E-state index >= 15 is 0 Å². The number of carbonyl (C=O) groups is 1. The zero-order valence-electron chi connectivity index (χ0n) is 9.82. The van der Waals surface area contributed by atoms with Crippen molar-refractivity contribution in [1.82, 2.24) is 5.32 Å². The number of likely N-dealkylation sites (N-methyl/N-ethyl adjacent to an activating group) is 1. The first-order chi connectivity index (χ1) is 7.67. The van der Waals surface area contributed by atoms with Gasteiger partial charge in [0.25, 0.3) is 5.91 Å². The van der Waals surface area contributed by atoms with Crippen molar-refractivity contribution in [3.05, 3.63) is 24.3 Å². The third-order valence-electron chi connectivity index (χ3n) is 2.09. The minimum absolute atomic E-state index is 0.113. The lowest BCUT2D eigenvalue weighted by Crippen LogP contribution is -2.36. The van der Waals surface area contributed by atoms with Gasteiger partial charge in [-0.2, -0.15) is 0 Å². The Labute approximate surface area is 95.6 Å². The molecule has 0 heterocycles. The van der Waals surface area contributed by atoms with Gasteiger partial charge in [-0.1, -0.05) is 0 Å². The van der Waals surface area contributed by atoms with Gasteiger partial charge in [0.2, 0.25) is 0 Å². The molecule has 1 aromatic carbocycles. The Morgan fingerprint density at radius 3 is 2.38 bits per heavy atom. The third kappa shape index (κ3) is 3.46. The molecule has 4 nitrogen and oxygen atoms in total. The number of ether oxygens (including phenoxy) is 2. The van der Waals surface area contributed by atoms with Crippen LogP contribution in [0, 0.1) is 0 Å². The molecule has 0 saturated carbocycles. The molecule has 0 spiro atoms.